The van der Waals surface area contributed by atoms with Crippen LogP contribution in [0.25, 0.3) is 0 Å². The van der Waals surface area contributed by atoms with Gasteiger partial charge in [-0.2, -0.15) is 0 Å². The van der Waals surface area contributed by atoms with E-state index in [9.17, 15) is 9.59 Å². The summed E-state index contributed by atoms with van der Waals surface area (Å²) in [7, 11) is 1.78. The maximum atomic E-state index is 12.4. The molecule has 0 aromatic carbocycles. The highest BCUT2D eigenvalue weighted by Crippen LogP contribution is 2.33. The van der Waals surface area contributed by atoms with E-state index in [1.807, 2.05) is 19.1 Å². The van der Waals surface area contributed by atoms with Crippen LogP contribution in [0.15, 0.2) is 24.5 Å². The number of nitrogens with zero attached hydrogens (tertiary/aromatic N) is 2. The smallest absolute Gasteiger partial charge is 0.306 e. The minimum atomic E-state index is -0.787. The van der Waals surface area contributed by atoms with E-state index < -0.39 is 5.97 Å². The summed E-state index contributed by atoms with van der Waals surface area (Å²) in [6.45, 7) is 1.97. The van der Waals surface area contributed by atoms with E-state index in [4.69, 9.17) is 5.11 Å². The first-order valence-corrected chi connectivity index (χ1v) is 6.90. The fourth-order valence-electron chi connectivity index (χ4n) is 2.77. The lowest BCUT2D eigenvalue weighted by atomic mass is 10.0. The minimum absolute atomic E-state index is 0.0330. The van der Waals surface area contributed by atoms with Crippen LogP contribution >= 0.6 is 0 Å². The molecule has 20 heavy (non-hydrogen) atoms. The highest BCUT2D eigenvalue weighted by Gasteiger charge is 2.36. The molecule has 0 bridgehead atoms. The summed E-state index contributed by atoms with van der Waals surface area (Å²) < 4.78 is 0. The van der Waals surface area contributed by atoms with Crippen LogP contribution in [0.1, 0.15) is 37.8 Å². The molecule has 2 rings (SSSR count). The number of hydrogen-bond acceptors (Lipinski definition) is 3. The summed E-state index contributed by atoms with van der Waals surface area (Å²) in [4.78, 5) is 29.1. The Balaban J connectivity index is 2.01. The highest BCUT2D eigenvalue weighted by atomic mass is 16.4. The van der Waals surface area contributed by atoms with Crippen LogP contribution in [0.3, 0.4) is 0 Å². The number of carboxylic acid groups (broad SMARTS) is 1. The van der Waals surface area contributed by atoms with Gasteiger partial charge >= 0.3 is 5.97 Å². The van der Waals surface area contributed by atoms with E-state index in [0.29, 0.717) is 19.3 Å². The van der Waals surface area contributed by atoms with Crippen molar-refractivity contribution in [1.29, 1.82) is 0 Å². The second kappa shape index (κ2) is 6.03. The third-order valence-corrected chi connectivity index (χ3v) is 4.25. The molecular weight excluding hydrogens is 256 g/mol. The second-order valence-corrected chi connectivity index (χ2v) is 5.45. The van der Waals surface area contributed by atoms with Gasteiger partial charge in [-0.3, -0.25) is 14.6 Å². The first-order chi connectivity index (χ1) is 9.50. The van der Waals surface area contributed by atoms with Crippen molar-refractivity contribution in [3.05, 3.63) is 30.1 Å². The Morgan fingerprint density at radius 1 is 1.30 bits per heavy atom. The molecule has 1 aromatic heterocycles. The Bertz CT molecular complexity index is 489. The molecule has 0 radical (unpaired) electrons. The number of carbonyl (C=O) groups is 2. The number of aromatic nitrogens is 1. The van der Waals surface area contributed by atoms with Gasteiger partial charge in [0.2, 0.25) is 5.91 Å². The normalized spacial score (nSPS) is 23.3. The van der Waals surface area contributed by atoms with Crippen LogP contribution in [0.4, 0.5) is 0 Å². The van der Waals surface area contributed by atoms with Gasteiger partial charge in [0.25, 0.3) is 0 Å². The lowest BCUT2D eigenvalue weighted by Crippen LogP contribution is -2.34. The summed E-state index contributed by atoms with van der Waals surface area (Å²) in [6, 6.07) is 3.75. The molecular formula is C15H20N2O3. The molecule has 1 N–H and O–H groups in total. The number of aliphatic carboxylic acids is 1. The quantitative estimate of drug-likeness (QED) is 0.914. The Hall–Kier alpha value is -1.91. The average Bonchev–Trinajstić information content (AvgIpc) is 2.96. The molecule has 1 saturated carbocycles. The Kier molecular flexibility index (Phi) is 4.37. The van der Waals surface area contributed by atoms with Crippen LogP contribution in [0, 0.1) is 11.8 Å². The van der Waals surface area contributed by atoms with Crippen molar-refractivity contribution in [2.75, 3.05) is 7.05 Å². The number of amides is 1. The van der Waals surface area contributed by atoms with Crippen LogP contribution in [-0.2, 0) is 9.59 Å². The third kappa shape index (κ3) is 2.98. The predicted molar refractivity (Wildman–Crippen MR) is 73.9 cm³/mol. The highest BCUT2D eigenvalue weighted by molar-refractivity contribution is 5.81. The van der Waals surface area contributed by atoms with E-state index >= 15 is 0 Å². The maximum absolute atomic E-state index is 12.4. The zero-order valence-corrected chi connectivity index (χ0v) is 11.8. The minimum Gasteiger partial charge on any atom is -0.481 e. The Morgan fingerprint density at radius 3 is 2.45 bits per heavy atom. The lowest BCUT2D eigenvalue weighted by Gasteiger charge is -2.27. The summed E-state index contributed by atoms with van der Waals surface area (Å²) in [5.74, 6) is -1.28. The largest absolute Gasteiger partial charge is 0.481 e. The van der Waals surface area contributed by atoms with Crippen LogP contribution in [-0.4, -0.2) is 33.9 Å². The molecule has 5 nitrogen and oxygen atoms in total. The molecule has 1 aliphatic carbocycles. The van der Waals surface area contributed by atoms with Gasteiger partial charge < -0.3 is 10.0 Å². The second-order valence-electron chi connectivity index (χ2n) is 5.45. The molecule has 5 heteroatoms. The van der Waals surface area contributed by atoms with Crippen molar-refractivity contribution < 1.29 is 14.7 Å². The van der Waals surface area contributed by atoms with Crippen molar-refractivity contribution >= 4 is 11.9 Å². The van der Waals surface area contributed by atoms with Gasteiger partial charge in [0.05, 0.1) is 12.0 Å². The molecule has 1 fully saturated rings. The number of rotatable bonds is 4. The van der Waals surface area contributed by atoms with Gasteiger partial charge in [0.1, 0.15) is 0 Å². The Morgan fingerprint density at radius 2 is 1.90 bits per heavy atom. The lowest BCUT2D eigenvalue weighted by molar-refractivity contribution is -0.141. The van der Waals surface area contributed by atoms with E-state index in [1.54, 1.807) is 24.3 Å². The first-order valence-electron chi connectivity index (χ1n) is 6.90. The van der Waals surface area contributed by atoms with Gasteiger partial charge in [0.15, 0.2) is 0 Å². The van der Waals surface area contributed by atoms with E-state index in [-0.39, 0.29) is 23.8 Å². The van der Waals surface area contributed by atoms with Crippen molar-refractivity contribution in [3.63, 3.8) is 0 Å². The van der Waals surface area contributed by atoms with Crippen molar-refractivity contribution in [1.82, 2.24) is 9.88 Å². The van der Waals surface area contributed by atoms with Gasteiger partial charge in [-0.15, -0.1) is 0 Å². The summed E-state index contributed by atoms with van der Waals surface area (Å²) >= 11 is 0. The predicted octanol–water partition coefficient (Wildman–Crippen LogP) is 2.10. The maximum Gasteiger partial charge on any atom is 0.306 e. The summed E-state index contributed by atoms with van der Waals surface area (Å²) in [5.41, 5.74) is 1.03. The standard InChI is InChI=1S/C15H20N2O3/c1-10(11-5-7-16-8-6-11)17(2)14(18)12-3-4-13(9-12)15(19)20/h5-8,10,12-13H,3-4,9H2,1-2H3,(H,19,20). The fraction of sp³-hybridized carbons (Fsp3) is 0.533. The van der Waals surface area contributed by atoms with Gasteiger partial charge in [0, 0.05) is 25.4 Å². The van der Waals surface area contributed by atoms with E-state index in [0.717, 1.165) is 5.56 Å². The van der Waals surface area contributed by atoms with Crippen molar-refractivity contribution in [2.45, 2.75) is 32.2 Å². The molecule has 3 unspecified atom stereocenters. The molecule has 0 saturated heterocycles. The number of pyridine rings is 1. The molecule has 108 valence electrons. The molecule has 0 aliphatic heterocycles. The van der Waals surface area contributed by atoms with Crippen molar-refractivity contribution in [3.8, 4) is 0 Å². The first kappa shape index (κ1) is 14.5. The van der Waals surface area contributed by atoms with E-state index in [2.05, 4.69) is 4.98 Å². The number of hydrogen-bond donors (Lipinski definition) is 1. The van der Waals surface area contributed by atoms with E-state index in [1.165, 1.54) is 0 Å². The summed E-state index contributed by atoms with van der Waals surface area (Å²) in [6.07, 6.45) is 5.15. The Labute approximate surface area is 118 Å². The monoisotopic (exact) mass is 276 g/mol. The number of carbonyl (C=O) groups excluding carboxylic acids is 1. The topological polar surface area (TPSA) is 70.5 Å². The molecule has 1 aromatic rings. The average molecular weight is 276 g/mol. The zero-order valence-electron chi connectivity index (χ0n) is 11.8. The fourth-order valence-corrected chi connectivity index (χ4v) is 2.77. The molecule has 3 atom stereocenters. The van der Waals surface area contributed by atoms with Crippen molar-refractivity contribution in [2.24, 2.45) is 11.8 Å². The van der Waals surface area contributed by atoms with Crippen LogP contribution in [0.2, 0.25) is 0 Å². The van der Waals surface area contributed by atoms with Gasteiger partial charge in [-0.1, -0.05) is 0 Å². The van der Waals surface area contributed by atoms with Gasteiger partial charge in [-0.05, 0) is 43.9 Å². The molecule has 1 aliphatic rings. The summed E-state index contributed by atoms with van der Waals surface area (Å²) in [5, 5.41) is 9.01. The SMILES string of the molecule is CC(c1ccncc1)N(C)C(=O)C1CCC(C(=O)O)C1. The molecule has 1 heterocycles. The van der Waals surface area contributed by atoms with Gasteiger partial charge in [-0.25, -0.2) is 0 Å². The zero-order chi connectivity index (χ0) is 14.7. The molecule has 0 spiro atoms. The number of carboxylic acids is 1. The van der Waals surface area contributed by atoms with Crippen LogP contribution in [0.5, 0.6) is 0 Å². The van der Waals surface area contributed by atoms with Crippen LogP contribution < -0.4 is 0 Å². The molecule has 1 amide bonds. The third-order valence-electron chi connectivity index (χ3n) is 4.25.